The number of nitrogens with one attached hydrogen (secondary N) is 1. The van der Waals surface area contributed by atoms with Crippen LogP contribution in [0.4, 0.5) is 0 Å². The Kier molecular flexibility index (Phi) is 1.84. The number of aromatic nitrogens is 5. The SMILES string of the molecule is CC(N)(c1nc(-c2ncn[nH]2)no1)C1CC1. The van der Waals surface area contributed by atoms with Gasteiger partial charge in [-0.1, -0.05) is 5.16 Å². The molecule has 2 heterocycles. The second-order valence-corrected chi connectivity index (χ2v) is 4.31. The molecule has 1 aliphatic carbocycles. The monoisotopic (exact) mass is 220 g/mol. The second-order valence-electron chi connectivity index (χ2n) is 4.31. The summed E-state index contributed by atoms with van der Waals surface area (Å²) >= 11 is 0. The van der Waals surface area contributed by atoms with Crippen LogP contribution in [-0.4, -0.2) is 25.3 Å². The summed E-state index contributed by atoms with van der Waals surface area (Å²) in [4.78, 5) is 8.20. The van der Waals surface area contributed by atoms with Crippen molar-refractivity contribution in [2.45, 2.75) is 25.3 Å². The Balaban J connectivity index is 1.93. The maximum Gasteiger partial charge on any atom is 0.247 e. The first-order valence-corrected chi connectivity index (χ1v) is 5.16. The number of hydrogen-bond donors (Lipinski definition) is 2. The Hall–Kier alpha value is -1.76. The normalized spacial score (nSPS) is 19.6. The molecule has 16 heavy (non-hydrogen) atoms. The number of aromatic amines is 1. The minimum absolute atomic E-state index is 0.393. The minimum atomic E-state index is -0.536. The quantitative estimate of drug-likeness (QED) is 0.777. The molecule has 0 amide bonds. The molecule has 7 nitrogen and oxygen atoms in total. The molecule has 3 rings (SSSR count). The van der Waals surface area contributed by atoms with Crippen molar-refractivity contribution in [3.05, 3.63) is 12.2 Å². The van der Waals surface area contributed by atoms with E-state index in [1.807, 2.05) is 6.92 Å². The predicted octanol–water partition coefficient (Wildman–Crippen LogP) is 0.439. The molecule has 1 saturated carbocycles. The van der Waals surface area contributed by atoms with Gasteiger partial charge in [0.05, 0.1) is 5.54 Å². The molecule has 0 saturated heterocycles. The third kappa shape index (κ3) is 1.40. The highest BCUT2D eigenvalue weighted by Gasteiger charge is 2.44. The first-order valence-electron chi connectivity index (χ1n) is 5.16. The van der Waals surface area contributed by atoms with Crippen LogP contribution in [0.3, 0.4) is 0 Å². The van der Waals surface area contributed by atoms with Crippen LogP contribution in [0.2, 0.25) is 0 Å². The van der Waals surface area contributed by atoms with Gasteiger partial charge in [-0.25, -0.2) is 4.98 Å². The summed E-state index contributed by atoms with van der Waals surface area (Å²) in [6.07, 6.45) is 3.63. The van der Waals surface area contributed by atoms with E-state index in [0.717, 1.165) is 12.8 Å². The number of rotatable bonds is 3. The van der Waals surface area contributed by atoms with Gasteiger partial charge >= 0.3 is 0 Å². The zero-order chi connectivity index (χ0) is 11.2. The number of H-pyrrole nitrogens is 1. The summed E-state index contributed by atoms with van der Waals surface area (Å²) in [6.45, 7) is 1.92. The van der Waals surface area contributed by atoms with Crippen molar-refractivity contribution in [3.63, 3.8) is 0 Å². The number of nitrogens with zero attached hydrogens (tertiary/aromatic N) is 4. The van der Waals surface area contributed by atoms with Gasteiger partial charge in [-0.3, -0.25) is 5.10 Å². The Bertz CT molecular complexity index is 484. The van der Waals surface area contributed by atoms with Crippen LogP contribution < -0.4 is 5.73 Å². The Labute approximate surface area is 91.4 Å². The zero-order valence-corrected chi connectivity index (χ0v) is 8.84. The maximum atomic E-state index is 6.17. The fraction of sp³-hybridized carbons (Fsp3) is 0.556. The van der Waals surface area contributed by atoms with Gasteiger partial charge in [0.25, 0.3) is 0 Å². The largest absolute Gasteiger partial charge is 0.337 e. The second kappa shape index (κ2) is 3.11. The summed E-state index contributed by atoms with van der Waals surface area (Å²) < 4.78 is 5.18. The first kappa shape index (κ1) is 9.46. The van der Waals surface area contributed by atoms with Crippen molar-refractivity contribution in [1.29, 1.82) is 0 Å². The van der Waals surface area contributed by atoms with E-state index in [1.165, 1.54) is 6.33 Å². The maximum absolute atomic E-state index is 6.17. The van der Waals surface area contributed by atoms with Crippen LogP contribution in [-0.2, 0) is 5.54 Å². The van der Waals surface area contributed by atoms with E-state index in [9.17, 15) is 0 Å². The lowest BCUT2D eigenvalue weighted by Gasteiger charge is -2.18. The van der Waals surface area contributed by atoms with Crippen molar-refractivity contribution < 1.29 is 4.52 Å². The van der Waals surface area contributed by atoms with Crippen LogP contribution in [0.5, 0.6) is 0 Å². The molecule has 1 fully saturated rings. The predicted molar refractivity (Wildman–Crippen MR) is 53.9 cm³/mol. The van der Waals surface area contributed by atoms with Gasteiger partial charge in [-0.15, -0.1) is 0 Å². The molecule has 0 aromatic carbocycles. The molecule has 3 N–H and O–H groups in total. The summed E-state index contributed by atoms with van der Waals surface area (Å²) in [7, 11) is 0. The molecule has 0 bridgehead atoms. The molecule has 84 valence electrons. The summed E-state index contributed by atoms with van der Waals surface area (Å²) in [5.74, 6) is 1.78. The van der Waals surface area contributed by atoms with Gasteiger partial charge in [-0.05, 0) is 25.7 Å². The van der Waals surface area contributed by atoms with Gasteiger partial charge in [0, 0.05) is 0 Å². The van der Waals surface area contributed by atoms with E-state index in [2.05, 4.69) is 25.3 Å². The highest BCUT2D eigenvalue weighted by atomic mass is 16.5. The standard InChI is InChI=1S/C9H12N6O/c1-9(10,5-2-3-5)8-13-7(15-16-8)6-11-4-12-14-6/h4-5H,2-3,10H2,1H3,(H,11,12,14). The topological polar surface area (TPSA) is 107 Å². The molecule has 7 heteroatoms. The van der Waals surface area contributed by atoms with E-state index < -0.39 is 5.54 Å². The fourth-order valence-electron chi connectivity index (χ4n) is 1.71. The van der Waals surface area contributed by atoms with Crippen molar-refractivity contribution in [2.75, 3.05) is 0 Å². The molecule has 1 unspecified atom stereocenters. The Morgan fingerprint density at radius 3 is 3.00 bits per heavy atom. The summed E-state index contributed by atoms with van der Waals surface area (Å²) in [5.41, 5.74) is 5.63. The van der Waals surface area contributed by atoms with Crippen molar-refractivity contribution in [3.8, 4) is 11.6 Å². The lowest BCUT2D eigenvalue weighted by Crippen LogP contribution is -2.35. The third-order valence-corrected chi connectivity index (χ3v) is 2.94. The molecule has 0 radical (unpaired) electrons. The molecule has 0 spiro atoms. The lowest BCUT2D eigenvalue weighted by atomic mass is 9.97. The molecule has 1 aliphatic rings. The molecular formula is C9H12N6O. The average molecular weight is 220 g/mol. The van der Waals surface area contributed by atoms with E-state index in [4.69, 9.17) is 10.3 Å². The fourth-order valence-corrected chi connectivity index (χ4v) is 1.71. The van der Waals surface area contributed by atoms with Crippen LogP contribution in [0.15, 0.2) is 10.9 Å². The van der Waals surface area contributed by atoms with Gasteiger partial charge < -0.3 is 10.3 Å². The van der Waals surface area contributed by atoms with Crippen molar-refractivity contribution in [1.82, 2.24) is 25.3 Å². The van der Waals surface area contributed by atoms with Crippen LogP contribution >= 0.6 is 0 Å². The van der Waals surface area contributed by atoms with E-state index >= 15 is 0 Å². The molecular weight excluding hydrogens is 208 g/mol. The van der Waals surface area contributed by atoms with E-state index in [1.54, 1.807) is 0 Å². The van der Waals surface area contributed by atoms with Crippen LogP contribution in [0.1, 0.15) is 25.7 Å². The summed E-state index contributed by atoms with van der Waals surface area (Å²) in [5, 5.41) is 10.2. The highest BCUT2D eigenvalue weighted by molar-refractivity contribution is 5.40. The summed E-state index contributed by atoms with van der Waals surface area (Å²) in [6, 6.07) is 0. The van der Waals surface area contributed by atoms with E-state index in [-0.39, 0.29) is 0 Å². The zero-order valence-electron chi connectivity index (χ0n) is 8.84. The molecule has 2 aromatic rings. The number of hydrogen-bond acceptors (Lipinski definition) is 6. The van der Waals surface area contributed by atoms with Crippen molar-refractivity contribution >= 4 is 0 Å². The smallest absolute Gasteiger partial charge is 0.247 e. The lowest BCUT2D eigenvalue weighted by molar-refractivity contribution is 0.273. The van der Waals surface area contributed by atoms with E-state index in [0.29, 0.717) is 23.5 Å². The Morgan fingerprint density at radius 2 is 2.38 bits per heavy atom. The van der Waals surface area contributed by atoms with Gasteiger partial charge in [0.1, 0.15) is 6.33 Å². The molecule has 0 aliphatic heterocycles. The van der Waals surface area contributed by atoms with Crippen LogP contribution in [0, 0.1) is 5.92 Å². The van der Waals surface area contributed by atoms with Gasteiger partial charge in [-0.2, -0.15) is 10.1 Å². The van der Waals surface area contributed by atoms with Gasteiger partial charge in [0.2, 0.25) is 11.7 Å². The van der Waals surface area contributed by atoms with Crippen LogP contribution in [0.25, 0.3) is 11.6 Å². The number of nitrogens with two attached hydrogens (primary N) is 1. The first-order chi connectivity index (χ1) is 7.68. The molecule has 1 atom stereocenters. The van der Waals surface area contributed by atoms with Gasteiger partial charge in [0.15, 0.2) is 5.82 Å². The average Bonchev–Trinajstić information content (AvgIpc) is 2.82. The minimum Gasteiger partial charge on any atom is -0.337 e. The molecule has 2 aromatic heterocycles. The van der Waals surface area contributed by atoms with Crippen molar-refractivity contribution in [2.24, 2.45) is 11.7 Å². The highest BCUT2D eigenvalue weighted by Crippen LogP contribution is 2.43. The Morgan fingerprint density at radius 1 is 1.56 bits per heavy atom. The third-order valence-electron chi connectivity index (χ3n) is 2.94.